The topological polar surface area (TPSA) is 78.1 Å². The number of hydrogen-bond donors (Lipinski definition) is 1. The van der Waals surface area contributed by atoms with Gasteiger partial charge in [0.25, 0.3) is 0 Å². The van der Waals surface area contributed by atoms with Gasteiger partial charge in [0.1, 0.15) is 5.54 Å². The maximum Gasteiger partial charge on any atom is 0.243 e. The third kappa shape index (κ3) is 2.46. The molecule has 19 heavy (non-hydrogen) atoms. The predicted molar refractivity (Wildman–Crippen MR) is 70.9 cm³/mol. The zero-order chi connectivity index (χ0) is 13.9. The Labute approximate surface area is 111 Å². The van der Waals surface area contributed by atoms with Crippen molar-refractivity contribution in [1.29, 1.82) is 0 Å². The highest BCUT2D eigenvalue weighted by Gasteiger charge is 2.34. The van der Waals surface area contributed by atoms with Crippen molar-refractivity contribution in [3.63, 3.8) is 0 Å². The number of nitrogens with zero attached hydrogens (tertiary/aromatic N) is 2. The van der Waals surface area contributed by atoms with Crippen LogP contribution < -0.4 is 10.5 Å². The van der Waals surface area contributed by atoms with Crippen molar-refractivity contribution in [3.8, 4) is 5.88 Å². The van der Waals surface area contributed by atoms with Crippen LogP contribution in [0.1, 0.15) is 23.0 Å². The fraction of sp³-hybridized carbons (Fsp3) is 0.214. The van der Waals surface area contributed by atoms with E-state index in [0.717, 1.165) is 0 Å². The molecule has 1 atom stereocenters. The van der Waals surface area contributed by atoms with E-state index in [0.29, 0.717) is 5.56 Å². The highest BCUT2D eigenvalue weighted by molar-refractivity contribution is 6.03. The normalized spacial score (nSPS) is 13.6. The molecule has 0 bridgehead atoms. The molecule has 0 amide bonds. The average molecular weight is 257 g/mol. The molecule has 0 fully saturated rings. The highest BCUT2D eigenvalue weighted by Crippen LogP contribution is 2.24. The van der Waals surface area contributed by atoms with Crippen LogP contribution in [0.3, 0.4) is 0 Å². The zero-order valence-corrected chi connectivity index (χ0v) is 10.8. The molecule has 0 aliphatic carbocycles. The summed E-state index contributed by atoms with van der Waals surface area (Å²) in [6.45, 7) is 1.65. The molecule has 0 aliphatic heterocycles. The van der Waals surface area contributed by atoms with Crippen molar-refractivity contribution in [2.45, 2.75) is 12.5 Å². The standard InChI is InChI=1S/C14H15N3O2/c1-14(15,10-6-4-3-5-7-10)12(18)11-13(19-2)17-9-8-16-11/h3-9H,15H2,1-2H3. The Hall–Kier alpha value is -2.27. The molecule has 0 radical (unpaired) electrons. The maximum absolute atomic E-state index is 12.5. The molecular weight excluding hydrogens is 242 g/mol. The van der Waals surface area contributed by atoms with Gasteiger partial charge in [-0.3, -0.25) is 4.79 Å². The molecule has 0 spiro atoms. The summed E-state index contributed by atoms with van der Waals surface area (Å²) >= 11 is 0. The quantitative estimate of drug-likeness (QED) is 0.840. The van der Waals surface area contributed by atoms with Crippen molar-refractivity contribution < 1.29 is 9.53 Å². The Bertz CT molecular complexity index is 582. The monoisotopic (exact) mass is 257 g/mol. The van der Waals surface area contributed by atoms with Gasteiger partial charge in [-0.25, -0.2) is 9.97 Å². The first-order chi connectivity index (χ1) is 9.07. The van der Waals surface area contributed by atoms with Crippen LogP contribution in [0, 0.1) is 0 Å². The van der Waals surface area contributed by atoms with Crippen LogP contribution in [0.5, 0.6) is 5.88 Å². The molecule has 0 saturated carbocycles. The maximum atomic E-state index is 12.5. The van der Waals surface area contributed by atoms with Gasteiger partial charge in [-0.2, -0.15) is 0 Å². The van der Waals surface area contributed by atoms with Gasteiger partial charge >= 0.3 is 0 Å². The minimum absolute atomic E-state index is 0.138. The summed E-state index contributed by atoms with van der Waals surface area (Å²) in [5, 5.41) is 0. The Morgan fingerprint density at radius 3 is 2.47 bits per heavy atom. The van der Waals surface area contributed by atoms with E-state index in [1.807, 2.05) is 18.2 Å². The van der Waals surface area contributed by atoms with E-state index in [1.165, 1.54) is 19.5 Å². The number of carbonyl (C=O) groups is 1. The van der Waals surface area contributed by atoms with E-state index in [2.05, 4.69) is 9.97 Å². The third-order valence-electron chi connectivity index (χ3n) is 2.92. The van der Waals surface area contributed by atoms with Gasteiger partial charge in [0, 0.05) is 12.4 Å². The second kappa shape index (κ2) is 5.16. The lowest BCUT2D eigenvalue weighted by Crippen LogP contribution is -2.42. The Balaban J connectivity index is 2.44. The average Bonchev–Trinajstić information content (AvgIpc) is 2.47. The summed E-state index contributed by atoms with van der Waals surface area (Å²) in [6, 6.07) is 9.15. The van der Waals surface area contributed by atoms with Crippen molar-refractivity contribution in [1.82, 2.24) is 9.97 Å². The first-order valence-corrected chi connectivity index (χ1v) is 5.81. The summed E-state index contributed by atoms with van der Waals surface area (Å²) in [6.07, 6.45) is 2.91. The summed E-state index contributed by atoms with van der Waals surface area (Å²) in [4.78, 5) is 20.5. The van der Waals surface area contributed by atoms with Crippen molar-refractivity contribution in [2.75, 3.05) is 7.11 Å². The number of nitrogens with two attached hydrogens (primary N) is 1. The summed E-state index contributed by atoms with van der Waals surface area (Å²) in [5.74, 6) is -0.149. The number of benzene rings is 1. The third-order valence-corrected chi connectivity index (χ3v) is 2.92. The minimum atomic E-state index is -1.18. The molecule has 5 nitrogen and oxygen atoms in total. The van der Waals surface area contributed by atoms with E-state index in [1.54, 1.807) is 19.1 Å². The van der Waals surface area contributed by atoms with Crippen LogP contribution in [0.4, 0.5) is 0 Å². The number of aromatic nitrogens is 2. The van der Waals surface area contributed by atoms with E-state index >= 15 is 0 Å². The molecule has 2 aromatic rings. The first-order valence-electron chi connectivity index (χ1n) is 5.81. The molecule has 1 aromatic heterocycles. The highest BCUT2D eigenvalue weighted by atomic mass is 16.5. The smallest absolute Gasteiger partial charge is 0.243 e. The number of ketones is 1. The van der Waals surface area contributed by atoms with Gasteiger partial charge in [-0.05, 0) is 12.5 Å². The van der Waals surface area contributed by atoms with Gasteiger partial charge in [0.15, 0.2) is 5.69 Å². The Morgan fingerprint density at radius 1 is 1.21 bits per heavy atom. The fourth-order valence-electron chi connectivity index (χ4n) is 1.79. The van der Waals surface area contributed by atoms with E-state index in [9.17, 15) is 4.79 Å². The van der Waals surface area contributed by atoms with Crippen molar-refractivity contribution in [2.24, 2.45) is 5.73 Å². The van der Waals surface area contributed by atoms with Crippen LogP contribution in [0.2, 0.25) is 0 Å². The second-order valence-electron chi connectivity index (χ2n) is 4.31. The van der Waals surface area contributed by atoms with Gasteiger partial charge in [-0.15, -0.1) is 0 Å². The molecule has 1 aromatic carbocycles. The SMILES string of the molecule is COc1nccnc1C(=O)C(C)(N)c1ccccc1. The molecule has 1 heterocycles. The first kappa shape index (κ1) is 13.2. The van der Waals surface area contributed by atoms with Crippen LogP contribution in [-0.4, -0.2) is 22.9 Å². The Kier molecular flexibility index (Phi) is 3.57. The van der Waals surface area contributed by atoms with Crippen molar-refractivity contribution in [3.05, 3.63) is 54.0 Å². The number of carbonyl (C=O) groups excluding carboxylic acids is 1. The predicted octanol–water partition coefficient (Wildman–Crippen LogP) is 1.54. The van der Waals surface area contributed by atoms with E-state index in [4.69, 9.17) is 10.5 Å². The van der Waals surface area contributed by atoms with Crippen LogP contribution >= 0.6 is 0 Å². The molecule has 2 N–H and O–H groups in total. The van der Waals surface area contributed by atoms with Gasteiger partial charge in [0.2, 0.25) is 11.7 Å². The van der Waals surface area contributed by atoms with E-state index in [-0.39, 0.29) is 17.4 Å². The number of ether oxygens (including phenoxy) is 1. The fourth-order valence-corrected chi connectivity index (χ4v) is 1.79. The van der Waals surface area contributed by atoms with Gasteiger partial charge < -0.3 is 10.5 Å². The second-order valence-corrected chi connectivity index (χ2v) is 4.31. The van der Waals surface area contributed by atoms with E-state index < -0.39 is 5.54 Å². The summed E-state index contributed by atoms with van der Waals surface area (Å²) < 4.78 is 5.05. The molecular formula is C14H15N3O2. The Morgan fingerprint density at radius 2 is 1.84 bits per heavy atom. The van der Waals surface area contributed by atoms with Crippen LogP contribution in [0.25, 0.3) is 0 Å². The minimum Gasteiger partial charge on any atom is -0.479 e. The molecule has 1 unspecified atom stereocenters. The summed E-state index contributed by atoms with van der Waals surface area (Å²) in [5.41, 5.74) is 5.84. The molecule has 2 rings (SSSR count). The van der Waals surface area contributed by atoms with Gasteiger partial charge in [0.05, 0.1) is 7.11 Å². The lowest BCUT2D eigenvalue weighted by atomic mass is 9.87. The molecule has 0 aliphatic rings. The van der Waals surface area contributed by atoms with Crippen LogP contribution in [0.15, 0.2) is 42.7 Å². The molecule has 0 saturated heterocycles. The number of rotatable bonds is 4. The van der Waals surface area contributed by atoms with Crippen LogP contribution in [-0.2, 0) is 5.54 Å². The molecule has 98 valence electrons. The van der Waals surface area contributed by atoms with Crippen molar-refractivity contribution >= 4 is 5.78 Å². The molecule has 5 heteroatoms. The number of hydrogen-bond acceptors (Lipinski definition) is 5. The number of Topliss-reactive ketones (excluding diaryl/α,β-unsaturated/α-hetero) is 1. The largest absolute Gasteiger partial charge is 0.479 e. The lowest BCUT2D eigenvalue weighted by molar-refractivity contribution is 0.0890. The summed E-state index contributed by atoms with van der Waals surface area (Å²) in [7, 11) is 1.44. The van der Waals surface area contributed by atoms with Gasteiger partial charge in [-0.1, -0.05) is 30.3 Å². The lowest BCUT2D eigenvalue weighted by Gasteiger charge is -2.23. The number of methoxy groups -OCH3 is 1. The zero-order valence-electron chi connectivity index (χ0n) is 10.8.